The third-order valence-electron chi connectivity index (χ3n) is 3.67. The fourth-order valence-corrected chi connectivity index (χ4v) is 2.50. The summed E-state index contributed by atoms with van der Waals surface area (Å²) in [5, 5.41) is 18.2. The zero-order valence-corrected chi connectivity index (χ0v) is 16.5. The van der Waals surface area contributed by atoms with E-state index in [4.69, 9.17) is 34.0 Å². The maximum absolute atomic E-state index is 9.10. The maximum atomic E-state index is 9.10. The van der Waals surface area contributed by atoms with Gasteiger partial charge in [0.25, 0.3) is 0 Å². The van der Waals surface area contributed by atoms with E-state index in [1.165, 1.54) is 11.1 Å². The van der Waals surface area contributed by atoms with Gasteiger partial charge in [0.15, 0.2) is 11.5 Å². The Balaban J connectivity index is 0.000000568. The van der Waals surface area contributed by atoms with Crippen LogP contribution in [-0.4, -0.2) is 43.5 Å². The van der Waals surface area contributed by atoms with Gasteiger partial charge in [-0.15, -0.1) is 0 Å². The molecule has 0 unspecified atom stereocenters. The number of carboxylic acid groups (broad SMARTS) is 2. The van der Waals surface area contributed by atoms with Crippen LogP contribution in [0.2, 0.25) is 0 Å². The lowest BCUT2D eigenvalue weighted by Crippen LogP contribution is -2.09. The average molecular weight is 391 g/mol. The Labute approximate surface area is 163 Å². The molecular weight excluding hydrogens is 366 g/mol. The van der Waals surface area contributed by atoms with Gasteiger partial charge in [-0.25, -0.2) is 9.59 Å². The molecule has 0 aliphatic heterocycles. The molecule has 0 spiro atoms. The number of hydrogen-bond acceptors (Lipinski definition) is 6. The normalized spacial score (nSPS) is 9.61. The second kappa shape index (κ2) is 10.7. The fraction of sp³-hybridized carbons (Fsp3) is 0.300. The highest BCUT2D eigenvalue weighted by Crippen LogP contribution is 2.35. The summed E-state index contributed by atoms with van der Waals surface area (Å²) in [5.41, 5.74) is 4.58. The van der Waals surface area contributed by atoms with Crippen molar-refractivity contribution < 1.29 is 34.0 Å². The van der Waals surface area contributed by atoms with Crippen molar-refractivity contribution in [3.05, 3.63) is 47.0 Å². The summed E-state index contributed by atoms with van der Waals surface area (Å²) >= 11 is 0. The van der Waals surface area contributed by atoms with Crippen LogP contribution >= 0.6 is 0 Å². The molecular formula is C20H25NO7. The Bertz CT molecular complexity index is 801. The third-order valence-corrected chi connectivity index (χ3v) is 3.67. The molecule has 2 aromatic rings. The summed E-state index contributed by atoms with van der Waals surface area (Å²) < 4.78 is 16.1. The first-order chi connectivity index (χ1) is 13.2. The minimum Gasteiger partial charge on any atom is -0.496 e. The van der Waals surface area contributed by atoms with Gasteiger partial charge in [0.05, 0.1) is 21.3 Å². The predicted octanol–water partition coefficient (Wildman–Crippen LogP) is 3.10. The number of rotatable bonds is 6. The molecule has 2 rings (SSSR count). The molecule has 0 radical (unpaired) electrons. The molecule has 0 saturated heterocycles. The summed E-state index contributed by atoms with van der Waals surface area (Å²) in [6, 6.07) is 10.2. The van der Waals surface area contributed by atoms with Crippen molar-refractivity contribution in [3.63, 3.8) is 0 Å². The lowest BCUT2D eigenvalue weighted by Gasteiger charge is -2.15. The summed E-state index contributed by atoms with van der Waals surface area (Å²) in [5.74, 6) is -1.52. The van der Waals surface area contributed by atoms with Crippen molar-refractivity contribution in [1.29, 1.82) is 0 Å². The van der Waals surface area contributed by atoms with E-state index in [1.54, 1.807) is 21.3 Å². The number of ether oxygens (including phenoxy) is 3. The highest BCUT2D eigenvalue weighted by molar-refractivity contribution is 6.27. The minimum absolute atomic E-state index is 0.645. The number of hydrogen-bond donors (Lipinski definition) is 3. The van der Waals surface area contributed by atoms with Crippen molar-refractivity contribution >= 4 is 17.6 Å². The van der Waals surface area contributed by atoms with Gasteiger partial charge in [-0.1, -0.05) is 6.07 Å². The summed E-state index contributed by atoms with van der Waals surface area (Å²) in [6.45, 7) is 4.83. The topological polar surface area (TPSA) is 114 Å². The highest BCUT2D eigenvalue weighted by atomic mass is 16.5. The van der Waals surface area contributed by atoms with E-state index >= 15 is 0 Å². The van der Waals surface area contributed by atoms with Gasteiger partial charge in [0.2, 0.25) is 0 Å². The molecule has 152 valence electrons. The monoisotopic (exact) mass is 391 g/mol. The quantitative estimate of drug-likeness (QED) is 0.644. The van der Waals surface area contributed by atoms with Crippen LogP contribution in [0.4, 0.5) is 5.69 Å². The number of anilines is 1. The molecule has 0 aliphatic carbocycles. The summed E-state index contributed by atoms with van der Waals surface area (Å²) in [7, 11) is 4.90. The number of carbonyl (C=O) groups is 2. The lowest BCUT2D eigenvalue weighted by atomic mass is 10.1. The van der Waals surface area contributed by atoms with Gasteiger partial charge in [-0.3, -0.25) is 0 Å². The van der Waals surface area contributed by atoms with E-state index in [1.807, 2.05) is 12.1 Å². The first kappa shape index (κ1) is 22.6. The zero-order valence-electron chi connectivity index (χ0n) is 16.5. The Morgan fingerprint density at radius 2 is 1.25 bits per heavy atom. The molecule has 0 aliphatic rings. The molecule has 8 nitrogen and oxygen atoms in total. The van der Waals surface area contributed by atoms with Crippen molar-refractivity contribution in [2.45, 2.75) is 20.4 Å². The Morgan fingerprint density at radius 1 is 0.786 bits per heavy atom. The number of benzene rings is 2. The first-order valence-corrected chi connectivity index (χ1v) is 8.29. The van der Waals surface area contributed by atoms with Crippen LogP contribution < -0.4 is 19.5 Å². The molecule has 0 atom stereocenters. The Morgan fingerprint density at radius 3 is 1.68 bits per heavy atom. The van der Waals surface area contributed by atoms with E-state index in [9.17, 15) is 0 Å². The molecule has 0 bridgehead atoms. The third kappa shape index (κ3) is 6.71. The standard InChI is InChI=1S/C18H23NO3.C2H2O4/c1-12-6-13(2)8-15(7-12)19-11-14-9-17(21-4)18(22-5)10-16(14)20-3;3-1(4)2(5)6/h6-10,19H,11H2,1-5H3;(H,3,4)(H,5,6). The first-order valence-electron chi connectivity index (χ1n) is 8.29. The minimum atomic E-state index is -1.82. The van der Waals surface area contributed by atoms with Crippen LogP contribution in [0.15, 0.2) is 30.3 Å². The Kier molecular flexibility index (Phi) is 8.61. The zero-order chi connectivity index (χ0) is 21.3. The van der Waals surface area contributed by atoms with Gasteiger partial charge in [-0.05, 0) is 43.2 Å². The average Bonchev–Trinajstić information content (AvgIpc) is 2.65. The van der Waals surface area contributed by atoms with E-state index in [-0.39, 0.29) is 0 Å². The van der Waals surface area contributed by atoms with Crippen molar-refractivity contribution in [1.82, 2.24) is 0 Å². The van der Waals surface area contributed by atoms with Crippen LogP contribution in [0.1, 0.15) is 16.7 Å². The number of aryl methyl sites for hydroxylation is 2. The van der Waals surface area contributed by atoms with Gasteiger partial charge in [0.1, 0.15) is 5.75 Å². The summed E-state index contributed by atoms with van der Waals surface area (Å²) in [4.78, 5) is 18.2. The fourth-order valence-electron chi connectivity index (χ4n) is 2.50. The van der Waals surface area contributed by atoms with Crippen molar-refractivity contribution in [3.8, 4) is 17.2 Å². The van der Waals surface area contributed by atoms with Crippen LogP contribution in [-0.2, 0) is 16.1 Å². The van der Waals surface area contributed by atoms with Crippen LogP contribution in [0.25, 0.3) is 0 Å². The van der Waals surface area contributed by atoms with Gasteiger partial charge in [0, 0.05) is 23.9 Å². The van der Waals surface area contributed by atoms with Gasteiger partial charge in [-0.2, -0.15) is 0 Å². The molecule has 0 fully saturated rings. The molecule has 0 amide bonds. The van der Waals surface area contributed by atoms with E-state index < -0.39 is 11.9 Å². The molecule has 0 aromatic heterocycles. The molecule has 8 heteroatoms. The second-order valence-electron chi connectivity index (χ2n) is 5.86. The van der Waals surface area contributed by atoms with Crippen LogP contribution in [0.3, 0.4) is 0 Å². The molecule has 3 N–H and O–H groups in total. The van der Waals surface area contributed by atoms with E-state index in [0.29, 0.717) is 18.0 Å². The SMILES string of the molecule is COc1cc(OC)c(OC)cc1CNc1cc(C)cc(C)c1.O=C(O)C(=O)O. The number of methoxy groups -OCH3 is 3. The van der Waals surface area contributed by atoms with Gasteiger partial charge >= 0.3 is 11.9 Å². The number of carboxylic acids is 2. The Hall–Kier alpha value is -3.42. The molecule has 0 heterocycles. The lowest BCUT2D eigenvalue weighted by molar-refractivity contribution is -0.159. The number of aliphatic carboxylic acids is 2. The van der Waals surface area contributed by atoms with Crippen LogP contribution in [0.5, 0.6) is 17.2 Å². The second-order valence-corrected chi connectivity index (χ2v) is 5.86. The number of nitrogens with one attached hydrogen (secondary N) is 1. The van der Waals surface area contributed by atoms with E-state index in [0.717, 1.165) is 17.0 Å². The highest BCUT2D eigenvalue weighted by Gasteiger charge is 2.11. The van der Waals surface area contributed by atoms with Crippen molar-refractivity contribution in [2.75, 3.05) is 26.6 Å². The maximum Gasteiger partial charge on any atom is 0.414 e. The smallest absolute Gasteiger partial charge is 0.414 e. The molecule has 28 heavy (non-hydrogen) atoms. The van der Waals surface area contributed by atoms with Crippen LogP contribution in [0, 0.1) is 13.8 Å². The van der Waals surface area contributed by atoms with Crippen molar-refractivity contribution in [2.24, 2.45) is 0 Å². The van der Waals surface area contributed by atoms with Gasteiger partial charge < -0.3 is 29.7 Å². The molecule has 2 aromatic carbocycles. The summed E-state index contributed by atoms with van der Waals surface area (Å²) in [6.07, 6.45) is 0. The predicted molar refractivity (Wildman–Crippen MR) is 105 cm³/mol. The van der Waals surface area contributed by atoms with E-state index in [2.05, 4.69) is 37.4 Å². The molecule has 0 saturated carbocycles. The largest absolute Gasteiger partial charge is 0.496 e.